The Balaban J connectivity index is 2.45. The lowest BCUT2D eigenvalue weighted by Crippen LogP contribution is -2.30. The molecule has 14 heavy (non-hydrogen) atoms. The molecule has 0 unspecified atom stereocenters. The Bertz CT molecular complexity index is 319. The van der Waals surface area contributed by atoms with Gasteiger partial charge in [-0.05, 0) is 13.1 Å². The Morgan fingerprint density at radius 3 is 3.00 bits per heavy atom. The summed E-state index contributed by atoms with van der Waals surface area (Å²) in [6.45, 7) is 1.10. The number of oxime groups is 1. The third kappa shape index (κ3) is 3.06. The predicted molar refractivity (Wildman–Crippen MR) is 53.0 cm³/mol. The first-order valence-corrected chi connectivity index (χ1v) is 4.25. The molecule has 6 heteroatoms. The largest absolute Gasteiger partial charge is 0.409 e. The summed E-state index contributed by atoms with van der Waals surface area (Å²) in [5.74, 6) is 0.198. The van der Waals surface area contributed by atoms with Gasteiger partial charge < -0.3 is 10.9 Å². The molecular weight excluding hydrogens is 182 g/mol. The van der Waals surface area contributed by atoms with Crippen LogP contribution in [-0.2, 0) is 13.6 Å². The standard InChI is InChI=1S/C8H15N5O/c1-12(6-8(9)11-14)5-7-3-4-13(2)10-7/h3-4,14H,5-6H2,1-2H3,(H2,9,11). The van der Waals surface area contributed by atoms with Crippen LogP contribution in [-0.4, -0.2) is 39.3 Å². The van der Waals surface area contributed by atoms with Gasteiger partial charge >= 0.3 is 0 Å². The highest BCUT2D eigenvalue weighted by Gasteiger charge is 2.04. The summed E-state index contributed by atoms with van der Waals surface area (Å²) < 4.78 is 1.74. The number of hydrogen-bond donors (Lipinski definition) is 2. The maximum absolute atomic E-state index is 8.37. The van der Waals surface area contributed by atoms with Gasteiger partial charge in [-0.25, -0.2) is 0 Å². The lowest BCUT2D eigenvalue weighted by Gasteiger charge is -2.13. The van der Waals surface area contributed by atoms with Crippen molar-refractivity contribution in [2.45, 2.75) is 6.54 Å². The molecule has 0 spiro atoms. The minimum atomic E-state index is 0.198. The molecule has 0 fully saturated rings. The number of aryl methyl sites for hydroxylation is 1. The van der Waals surface area contributed by atoms with E-state index in [0.717, 1.165) is 5.69 Å². The van der Waals surface area contributed by atoms with Gasteiger partial charge in [-0.2, -0.15) is 5.10 Å². The van der Waals surface area contributed by atoms with E-state index in [4.69, 9.17) is 10.9 Å². The van der Waals surface area contributed by atoms with Crippen molar-refractivity contribution in [2.75, 3.05) is 13.6 Å². The highest BCUT2D eigenvalue weighted by molar-refractivity contribution is 5.81. The smallest absolute Gasteiger partial charge is 0.153 e. The number of likely N-dealkylation sites (N-methyl/N-ethyl adjacent to an activating group) is 1. The Labute approximate surface area is 82.6 Å². The average Bonchev–Trinajstić information content (AvgIpc) is 2.50. The third-order valence-corrected chi connectivity index (χ3v) is 1.76. The van der Waals surface area contributed by atoms with Crippen molar-refractivity contribution in [3.8, 4) is 0 Å². The molecule has 1 aromatic heterocycles. The highest BCUT2D eigenvalue weighted by Crippen LogP contribution is 1.98. The summed E-state index contributed by atoms with van der Waals surface area (Å²) in [5.41, 5.74) is 6.32. The molecule has 0 amide bonds. The van der Waals surface area contributed by atoms with E-state index >= 15 is 0 Å². The van der Waals surface area contributed by atoms with Crippen LogP contribution in [0.1, 0.15) is 5.69 Å². The molecule has 6 nitrogen and oxygen atoms in total. The number of amidine groups is 1. The van der Waals surface area contributed by atoms with Crippen LogP contribution in [0.15, 0.2) is 17.4 Å². The summed E-state index contributed by atoms with van der Waals surface area (Å²) in [4.78, 5) is 1.91. The molecule has 1 rings (SSSR count). The van der Waals surface area contributed by atoms with Crippen molar-refractivity contribution < 1.29 is 5.21 Å². The Hall–Kier alpha value is -1.56. The molecule has 0 aliphatic rings. The monoisotopic (exact) mass is 197 g/mol. The summed E-state index contributed by atoms with van der Waals surface area (Å²) in [7, 11) is 3.75. The summed E-state index contributed by atoms with van der Waals surface area (Å²) in [6, 6.07) is 1.93. The normalized spacial score (nSPS) is 12.4. The van der Waals surface area contributed by atoms with Gasteiger partial charge in [0.2, 0.25) is 0 Å². The van der Waals surface area contributed by atoms with E-state index in [9.17, 15) is 0 Å². The van der Waals surface area contributed by atoms with Crippen LogP contribution in [0.2, 0.25) is 0 Å². The van der Waals surface area contributed by atoms with Crippen molar-refractivity contribution in [1.82, 2.24) is 14.7 Å². The van der Waals surface area contributed by atoms with Gasteiger partial charge in [0.05, 0.1) is 12.2 Å². The number of hydrogen-bond acceptors (Lipinski definition) is 4. The Morgan fingerprint density at radius 1 is 1.79 bits per heavy atom. The van der Waals surface area contributed by atoms with Gasteiger partial charge in [0.25, 0.3) is 0 Å². The van der Waals surface area contributed by atoms with Crippen LogP contribution >= 0.6 is 0 Å². The number of aromatic nitrogens is 2. The second kappa shape index (κ2) is 4.61. The van der Waals surface area contributed by atoms with Gasteiger partial charge in [0, 0.05) is 19.8 Å². The van der Waals surface area contributed by atoms with E-state index < -0.39 is 0 Å². The minimum absolute atomic E-state index is 0.198. The molecule has 0 aliphatic heterocycles. The van der Waals surface area contributed by atoms with E-state index in [0.29, 0.717) is 13.1 Å². The first kappa shape index (κ1) is 10.5. The molecule has 0 bridgehead atoms. The fourth-order valence-corrected chi connectivity index (χ4v) is 1.19. The molecule has 0 aliphatic carbocycles. The lowest BCUT2D eigenvalue weighted by atomic mass is 10.4. The summed E-state index contributed by atoms with van der Waals surface area (Å²) >= 11 is 0. The fourth-order valence-electron chi connectivity index (χ4n) is 1.19. The van der Waals surface area contributed by atoms with Crippen molar-refractivity contribution in [1.29, 1.82) is 0 Å². The Kier molecular flexibility index (Phi) is 3.47. The van der Waals surface area contributed by atoms with Crippen LogP contribution in [0.4, 0.5) is 0 Å². The maximum atomic E-state index is 8.37. The topological polar surface area (TPSA) is 79.7 Å². The third-order valence-electron chi connectivity index (χ3n) is 1.76. The van der Waals surface area contributed by atoms with Gasteiger partial charge in [0.1, 0.15) is 0 Å². The number of rotatable bonds is 4. The summed E-state index contributed by atoms with van der Waals surface area (Å²) in [6.07, 6.45) is 1.88. The van der Waals surface area contributed by atoms with Crippen molar-refractivity contribution in [3.05, 3.63) is 18.0 Å². The van der Waals surface area contributed by atoms with E-state index in [-0.39, 0.29) is 5.84 Å². The molecule has 0 radical (unpaired) electrons. The SMILES string of the molecule is CN(C/C(N)=N/O)Cc1ccn(C)n1. The lowest BCUT2D eigenvalue weighted by molar-refractivity contribution is 0.307. The zero-order chi connectivity index (χ0) is 10.6. The Morgan fingerprint density at radius 2 is 2.50 bits per heavy atom. The van der Waals surface area contributed by atoms with Crippen molar-refractivity contribution >= 4 is 5.84 Å². The van der Waals surface area contributed by atoms with E-state index in [2.05, 4.69) is 10.3 Å². The maximum Gasteiger partial charge on any atom is 0.153 e. The second-order valence-electron chi connectivity index (χ2n) is 3.24. The molecule has 78 valence electrons. The van der Waals surface area contributed by atoms with Crippen LogP contribution in [0.3, 0.4) is 0 Å². The van der Waals surface area contributed by atoms with Gasteiger partial charge in [0.15, 0.2) is 5.84 Å². The van der Waals surface area contributed by atoms with Gasteiger partial charge in [-0.15, -0.1) is 0 Å². The zero-order valence-corrected chi connectivity index (χ0v) is 8.38. The quantitative estimate of drug-likeness (QED) is 0.298. The van der Waals surface area contributed by atoms with Crippen LogP contribution in [0.5, 0.6) is 0 Å². The fraction of sp³-hybridized carbons (Fsp3) is 0.500. The molecular formula is C8H15N5O. The van der Waals surface area contributed by atoms with Gasteiger partial charge in [-0.3, -0.25) is 9.58 Å². The molecule has 0 aromatic carbocycles. The number of nitrogens with zero attached hydrogens (tertiary/aromatic N) is 4. The van der Waals surface area contributed by atoms with Crippen LogP contribution in [0, 0.1) is 0 Å². The van der Waals surface area contributed by atoms with E-state index in [1.165, 1.54) is 0 Å². The first-order valence-electron chi connectivity index (χ1n) is 4.25. The average molecular weight is 197 g/mol. The zero-order valence-electron chi connectivity index (χ0n) is 8.38. The summed E-state index contributed by atoms with van der Waals surface area (Å²) in [5, 5.41) is 15.5. The molecule has 0 saturated heterocycles. The van der Waals surface area contributed by atoms with Crippen LogP contribution < -0.4 is 5.73 Å². The second-order valence-corrected chi connectivity index (χ2v) is 3.24. The predicted octanol–water partition coefficient (Wildman–Crippen LogP) is -0.402. The van der Waals surface area contributed by atoms with Crippen LogP contribution in [0.25, 0.3) is 0 Å². The van der Waals surface area contributed by atoms with E-state index in [1.54, 1.807) is 4.68 Å². The highest BCUT2D eigenvalue weighted by atomic mass is 16.4. The first-order chi connectivity index (χ1) is 6.61. The molecule has 0 saturated carbocycles. The van der Waals surface area contributed by atoms with Gasteiger partial charge in [-0.1, -0.05) is 5.16 Å². The molecule has 3 N–H and O–H groups in total. The number of nitrogens with two attached hydrogens (primary N) is 1. The van der Waals surface area contributed by atoms with E-state index in [1.807, 2.05) is 31.3 Å². The minimum Gasteiger partial charge on any atom is -0.409 e. The molecule has 1 aromatic rings. The van der Waals surface area contributed by atoms with Crippen molar-refractivity contribution in [3.63, 3.8) is 0 Å². The molecule has 1 heterocycles. The van der Waals surface area contributed by atoms with Crippen molar-refractivity contribution in [2.24, 2.45) is 17.9 Å². The molecule has 0 atom stereocenters.